The Balaban J connectivity index is 1.22. The summed E-state index contributed by atoms with van der Waals surface area (Å²) in [6.45, 7) is 5.36. The van der Waals surface area contributed by atoms with Crippen LogP contribution in [0.5, 0.6) is 5.75 Å². The molecule has 2 aliphatic heterocycles. The molecular formula is C36H43N7O8S3. The van der Waals surface area contributed by atoms with Gasteiger partial charge in [-0.2, -0.15) is 0 Å². The third-order valence-electron chi connectivity index (χ3n) is 10.9. The molecule has 4 aliphatic rings. The highest BCUT2D eigenvalue weighted by Crippen LogP contribution is 2.47. The third-order valence-corrected chi connectivity index (χ3v) is 14.7. The molecule has 15 nitrogen and oxygen atoms in total. The normalized spacial score (nSPS) is 30.1. The van der Waals surface area contributed by atoms with Crippen LogP contribution in [0, 0.1) is 17.8 Å². The summed E-state index contributed by atoms with van der Waals surface area (Å²) in [4.78, 5) is 69.6. The minimum absolute atomic E-state index is 0.0121. The summed E-state index contributed by atoms with van der Waals surface area (Å²) in [5.74, 6) is -2.43. The zero-order chi connectivity index (χ0) is 38.4. The summed E-state index contributed by atoms with van der Waals surface area (Å²) in [5.41, 5.74) is -0.439. The minimum Gasteiger partial charge on any atom is -0.488 e. The van der Waals surface area contributed by atoms with Crippen LogP contribution in [-0.2, 0) is 24.4 Å². The predicted molar refractivity (Wildman–Crippen MR) is 201 cm³/mol. The number of allylic oxidation sites excluding steroid dienone is 1. The van der Waals surface area contributed by atoms with Crippen molar-refractivity contribution in [3.63, 3.8) is 0 Å². The highest BCUT2D eigenvalue weighted by molar-refractivity contribution is 7.91. The number of nitrogens with one attached hydrogen (secondary N) is 3. The Bertz CT molecular complexity index is 2000. The molecule has 1 saturated heterocycles. The van der Waals surface area contributed by atoms with E-state index in [0.717, 1.165) is 6.42 Å². The van der Waals surface area contributed by atoms with Gasteiger partial charge in [0.1, 0.15) is 50.9 Å². The number of carbonyl (C=O) groups excluding carboxylic acids is 3. The zero-order valence-corrected chi connectivity index (χ0v) is 32.5. The first-order valence-electron chi connectivity index (χ1n) is 18.0. The number of fused-ring (bicyclic) bond motifs is 2. The number of carboxylic acid groups (broad SMARTS) is 1. The highest BCUT2D eigenvalue weighted by atomic mass is 32.2. The monoisotopic (exact) mass is 797 g/mol. The predicted octanol–water partition coefficient (Wildman–Crippen LogP) is 4.20. The topological polar surface area (TPSA) is 210 Å². The molecule has 5 heterocycles. The molecule has 18 heteroatoms. The summed E-state index contributed by atoms with van der Waals surface area (Å²) >= 11 is 2.81. The van der Waals surface area contributed by atoms with Gasteiger partial charge in [0.2, 0.25) is 21.8 Å². The number of aromatic nitrogens is 3. The smallest absolute Gasteiger partial charge is 0.405 e. The van der Waals surface area contributed by atoms with Gasteiger partial charge in [0.25, 0.3) is 5.91 Å². The van der Waals surface area contributed by atoms with E-state index in [1.807, 2.05) is 36.8 Å². The number of amides is 4. The number of pyridine rings is 1. The second kappa shape index (κ2) is 14.7. The lowest BCUT2D eigenvalue weighted by atomic mass is 9.88. The third kappa shape index (κ3) is 7.73. The molecule has 54 heavy (non-hydrogen) atoms. The van der Waals surface area contributed by atoms with E-state index in [-0.39, 0.29) is 25.3 Å². The van der Waals surface area contributed by atoms with E-state index in [1.165, 1.54) is 27.6 Å². The lowest BCUT2D eigenvalue weighted by molar-refractivity contribution is -0.142. The Kier molecular flexibility index (Phi) is 10.3. The van der Waals surface area contributed by atoms with Crippen LogP contribution in [0.3, 0.4) is 0 Å². The van der Waals surface area contributed by atoms with Crippen molar-refractivity contribution in [3.05, 3.63) is 47.4 Å². The quantitative estimate of drug-likeness (QED) is 0.238. The molecule has 288 valence electrons. The molecule has 2 aliphatic carbocycles. The number of hydrogen-bond acceptors (Lipinski definition) is 12. The van der Waals surface area contributed by atoms with Gasteiger partial charge < -0.3 is 25.4 Å². The van der Waals surface area contributed by atoms with Crippen molar-refractivity contribution < 1.29 is 37.4 Å². The molecule has 7 rings (SSSR count). The largest absolute Gasteiger partial charge is 0.488 e. The van der Waals surface area contributed by atoms with E-state index < -0.39 is 74.1 Å². The maximum atomic E-state index is 14.5. The lowest BCUT2D eigenvalue weighted by Crippen LogP contribution is -2.59. The number of thiazole rings is 2. The fourth-order valence-corrected chi connectivity index (χ4v) is 9.92. The van der Waals surface area contributed by atoms with Gasteiger partial charge in [-0.25, -0.2) is 28.2 Å². The molecule has 0 spiro atoms. The lowest BCUT2D eigenvalue weighted by Gasteiger charge is -2.32. The van der Waals surface area contributed by atoms with Crippen molar-refractivity contribution in [1.29, 1.82) is 0 Å². The van der Waals surface area contributed by atoms with Gasteiger partial charge in [0, 0.05) is 47.6 Å². The SMILES string of the molecule is C[C@H]1CC/C=C\[C@@H]2C[C@@]2(C(=O)NS(=O)(=O)C2(C)CC2)NC(=O)[C@@H]2C[C@@H](Oc3cc(-c4nccs4)nc(-c4nccs4)c3)CN2C(=O)[C@@H](NC(=O)O)[C@H](C)C1. The highest BCUT2D eigenvalue weighted by Gasteiger charge is 2.63. The molecular weight excluding hydrogens is 755 g/mol. The van der Waals surface area contributed by atoms with E-state index in [9.17, 15) is 32.7 Å². The van der Waals surface area contributed by atoms with Gasteiger partial charge in [-0.1, -0.05) is 26.0 Å². The van der Waals surface area contributed by atoms with Crippen LogP contribution in [0.4, 0.5) is 4.79 Å². The number of carbonyl (C=O) groups is 4. The fourth-order valence-electron chi connectivity index (χ4n) is 7.41. The second-order valence-corrected chi connectivity index (χ2v) is 19.1. The average Bonchev–Trinajstić information content (AvgIpc) is 3.68. The number of nitrogens with zero attached hydrogens (tertiary/aromatic N) is 4. The Morgan fingerprint density at radius 2 is 1.72 bits per heavy atom. The van der Waals surface area contributed by atoms with Crippen LogP contribution in [0.25, 0.3) is 21.4 Å². The number of sulfonamides is 1. The zero-order valence-electron chi connectivity index (χ0n) is 30.1. The number of rotatable bonds is 8. The van der Waals surface area contributed by atoms with E-state index in [4.69, 9.17) is 9.72 Å². The molecule has 2 saturated carbocycles. The molecule has 0 unspecified atom stereocenters. The maximum Gasteiger partial charge on any atom is 0.405 e. The van der Waals surface area contributed by atoms with Crippen molar-refractivity contribution in [2.75, 3.05) is 6.54 Å². The minimum atomic E-state index is -4.01. The summed E-state index contributed by atoms with van der Waals surface area (Å²) in [6, 6.07) is 1.13. The van der Waals surface area contributed by atoms with Gasteiger partial charge in [-0.3, -0.25) is 19.1 Å². The Morgan fingerprint density at radius 1 is 1.06 bits per heavy atom. The Labute approximate surface area is 321 Å². The molecule has 3 aromatic rings. The summed E-state index contributed by atoms with van der Waals surface area (Å²) < 4.78 is 34.0. The van der Waals surface area contributed by atoms with Crippen LogP contribution in [0.15, 0.2) is 47.4 Å². The molecule has 4 amide bonds. The van der Waals surface area contributed by atoms with Gasteiger partial charge >= 0.3 is 6.09 Å². The standard InChI is InChI=1S/C36H43N7O8S3/c1-20-6-4-5-7-22-18-36(22,33(46)42-54(49,50)35(3)8-9-35)41-29(44)27-17-24(19-43(27)32(45)28(21(2)14-20)40-34(47)48)51-23-15-25(30-37-10-12-52-30)39-26(16-23)31-38-11-13-53-31/h5,7,10-13,15-16,20-22,24,27-28,40H,4,6,8-9,14,17-19H2,1-3H3,(H,41,44)(H,42,46)(H,47,48)/b7-5-/t20-,21+,22+,24+,27-,28-,36+/m0/s1. The summed E-state index contributed by atoms with van der Waals surface area (Å²) in [5, 5.41) is 20.1. The Hall–Kier alpha value is -4.42. The van der Waals surface area contributed by atoms with Gasteiger partial charge in [-0.05, 0) is 57.3 Å². The van der Waals surface area contributed by atoms with Crippen molar-refractivity contribution in [2.45, 2.75) is 94.2 Å². The molecule has 0 aromatic carbocycles. The van der Waals surface area contributed by atoms with E-state index in [1.54, 1.807) is 31.5 Å². The Morgan fingerprint density at radius 3 is 2.31 bits per heavy atom. The van der Waals surface area contributed by atoms with E-state index in [0.29, 0.717) is 52.8 Å². The molecule has 3 aromatic heterocycles. The number of hydrogen-bond donors (Lipinski definition) is 4. The van der Waals surface area contributed by atoms with Crippen molar-refractivity contribution >= 4 is 56.5 Å². The van der Waals surface area contributed by atoms with Crippen LogP contribution in [0.1, 0.15) is 65.7 Å². The van der Waals surface area contributed by atoms with E-state index in [2.05, 4.69) is 25.3 Å². The van der Waals surface area contributed by atoms with Crippen molar-refractivity contribution in [2.24, 2.45) is 17.8 Å². The molecule has 7 atom stereocenters. The first kappa shape index (κ1) is 37.9. The van der Waals surface area contributed by atoms with Crippen LogP contribution in [-0.4, -0.2) is 92.2 Å². The first-order chi connectivity index (χ1) is 25.7. The molecule has 3 fully saturated rings. The summed E-state index contributed by atoms with van der Waals surface area (Å²) in [6.07, 6.45) is 7.99. The van der Waals surface area contributed by atoms with E-state index >= 15 is 0 Å². The van der Waals surface area contributed by atoms with Crippen LogP contribution >= 0.6 is 22.7 Å². The molecule has 4 N–H and O–H groups in total. The van der Waals surface area contributed by atoms with Gasteiger partial charge in [0.15, 0.2) is 0 Å². The summed E-state index contributed by atoms with van der Waals surface area (Å²) in [7, 11) is -4.01. The second-order valence-electron chi connectivity index (χ2n) is 15.1. The van der Waals surface area contributed by atoms with Crippen molar-refractivity contribution in [1.82, 2.24) is 35.2 Å². The van der Waals surface area contributed by atoms with Crippen LogP contribution in [0.2, 0.25) is 0 Å². The number of ether oxygens (including phenoxy) is 1. The maximum absolute atomic E-state index is 14.5. The van der Waals surface area contributed by atoms with Gasteiger partial charge in [-0.15, -0.1) is 22.7 Å². The molecule has 0 bridgehead atoms. The van der Waals surface area contributed by atoms with Gasteiger partial charge in [0.05, 0.1) is 11.3 Å². The average molecular weight is 798 g/mol. The van der Waals surface area contributed by atoms with Crippen molar-refractivity contribution in [3.8, 4) is 27.2 Å². The van der Waals surface area contributed by atoms with Crippen LogP contribution < -0.4 is 20.1 Å². The fraction of sp³-hybridized carbons (Fsp3) is 0.528. The first-order valence-corrected chi connectivity index (χ1v) is 21.3. The molecule has 0 radical (unpaired) electrons.